The van der Waals surface area contributed by atoms with Crippen LogP contribution in [-0.2, 0) is 10.0 Å². The number of benzene rings is 3. The molecule has 0 spiro atoms. The summed E-state index contributed by atoms with van der Waals surface area (Å²) in [6, 6.07) is 27.1. The molecule has 33 heavy (non-hydrogen) atoms. The van der Waals surface area contributed by atoms with E-state index in [1.165, 1.54) is 15.1 Å². The molecule has 0 saturated carbocycles. The number of nitrogens with one attached hydrogen (secondary N) is 1. The lowest BCUT2D eigenvalue weighted by molar-refractivity contribution is 0.542. The Balaban J connectivity index is 1.35. The van der Waals surface area contributed by atoms with Gasteiger partial charge in [-0.25, -0.2) is 12.4 Å². The largest absolute Gasteiger partial charge is 0.310 e. The highest BCUT2D eigenvalue weighted by Gasteiger charge is 2.19. The molecule has 1 N–H and O–H groups in total. The topological polar surface area (TPSA) is 51.1 Å². The van der Waals surface area contributed by atoms with E-state index in [9.17, 15) is 8.42 Å². The summed E-state index contributed by atoms with van der Waals surface area (Å²) in [5.74, 6) is 0. The summed E-state index contributed by atoms with van der Waals surface area (Å²) in [4.78, 5) is 0.286. The predicted octanol–water partition coefficient (Wildman–Crippen LogP) is 5.73. The SMILES string of the molecule is O=S(=O)(c1ccccc1)n1ccc2c(C=CCC3CC(c4ccccc4)=CCN3)cccc21. The molecule has 0 saturated heterocycles. The van der Waals surface area contributed by atoms with Gasteiger partial charge in [0.25, 0.3) is 10.0 Å². The molecule has 166 valence electrons. The van der Waals surface area contributed by atoms with Gasteiger partial charge in [0.05, 0.1) is 10.4 Å². The van der Waals surface area contributed by atoms with Gasteiger partial charge in [0, 0.05) is 24.2 Å². The zero-order chi connectivity index (χ0) is 22.7. The predicted molar refractivity (Wildman–Crippen MR) is 135 cm³/mol. The van der Waals surface area contributed by atoms with Crippen LogP contribution in [0.2, 0.25) is 0 Å². The molecule has 0 radical (unpaired) electrons. The van der Waals surface area contributed by atoms with Crippen LogP contribution in [-0.4, -0.2) is 25.0 Å². The van der Waals surface area contributed by atoms with E-state index in [0.29, 0.717) is 11.6 Å². The summed E-state index contributed by atoms with van der Waals surface area (Å²) in [6.45, 7) is 0.874. The lowest BCUT2D eigenvalue weighted by atomic mass is 9.93. The van der Waals surface area contributed by atoms with Crippen molar-refractivity contribution in [2.45, 2.75) is 23.8 Å². The molecular weight excluding hydrogens is 428 g/mol. The highest BCUT2D eigenvalue weighted by molar-refractivity contribution is 7.90. The summed E-state index contributed by atoms with van der Waals surface area (Å²) in [6.07, 6.45) is 10.1. The first-order chi connectivity index (χ1) is 16.1. The van der Waals surface area contributed by atoms with E-state index in [4.69, 9.17) is 0 Å². The first-order valence-electron chi connectivity index (χ1n) is 11.2. The van der Waals surface area contributed by atoms with E-state index >= 15 is 0 Å². The van der Waals surface area contributed by atoms with Crippen molar-refractivity contribution in [3.05, 3.63) is 114 Å². The minimum Gasteiger partial charge on any atom is -0.310 e. The molecule has 4 nitrogen and oxygen atoms in total. The van der Waals surface area contributed by atoms with E-state index < -0.39 is 10.0 Å². The highest BCUT2D eigenvalue weighted by Crippen LogP contribution is 2.27. The number of fused-ring (bicyclic) bond motifs is 1. The first-order valence-corrected chi connectivity index (χ1v) is 12.6. The van der Waals surface area contributed by atoms with Crippen LogP contribution in [0.4, 0.5) is 0 Å². The van der Waals surface area contributed by atoms with Crippen LogP contribution < -0.4 is 5.32 Å². The van der Waals surface area contributed by atoms with Crippen LogP contribution in [0.25, 0.3) is 22.6 Å². The molecular formula is C28H26N2O2S. The van der Waals surface area contributed by atoms with Crippen LogP contribution >= 0.6 is 0 Å². The molecule has 0 bridgehead atoms. The Labute approximate surface area is 194 Å². The zero-order valence-electron chi connectivity index (χ0n) is 18.3. The van der Waals surface area contributed by atoms with Gasteiger partial charge in [0.15, 0.2) is 0 Å². The molecule has 1 aromatic heterocycles. The molecule has 2 heterocycles. The maximum atomic E-state index is 13.1. The molecule has 3 aromatic carbocycles. The van der Waals surface area contributed by atoms with Crippen LogP contribution in [0.5, 0.6) is 0 Å². The molecule has 1 unspecified atom stereocenters. The lowest BCUT2D eigenvalue weighted by Crippen LogP contribution is -2.32. The normalized spacial score (nSPS) is 16.8. The average Bonchev–Trinajstić information content (AvgIpc) is 3.31. The molecule has 1 aliphatic heterocycles. The third-order valence-corrected chi connectivity index (χ3v) is 7.82. The van der Waals surface area contributed by atoms with Crippen molar-refractivity contribution < 1.29 is 8.42 Å². The quantitative estimate of drug-likeness (QED) is 0.405. The van der Waals surface area contributed by atoms with E-state index in [-0.39, 0.29) is 4.90 Å². The van der Waals surface area contributed by atoms with Crippen LogP contribution in [0.1, 0.15) is 24.0 Å². The Bertz CT molecular complexity index is 1420. The van der Waals surface area contributed by atoms with Crippen molar-refractivity contribution >= 4 is 32.6 Å². The van der Waals surface area contributed by atoms with Crippen LogP contribution in [0.15, 0.2) is 108 Å². The summed E-state index contributed by atoms with van der Waals surface area (Å²) < 4.78 is 27.6. The van der Waals surface area contributed by atoms with Crippen molar-refractivity contribution in [2.24, 2.45) is 0 Å². The molecule has 4 aromatic rings. The summed E-state index contributed by atoms with van der Waals surface area (Å²) >= 11 is 0. The van der Waals surface area contributed by atoms with Crippen molar-refractivity contribution in [3.8, 4) is 0 Å². The fraction of sp³-hybridized carbons (Fsp3) is 0.143. The van der Waals surface area contributed by atoms with Gasteiger partial charge < -0.3 is 5.32 Å². The van der Waals surface area contributed by atoms with Gasteiger partial charge in [-0.3, -0.25) is 0 Å². The fourth-order valence-electron chi connectivity index (χ4n) is 4.41. The zero-order valence-corrected chi connectivity index (χ0v) is 19.1. The molecule has 0 aliphatic carbocycles. The Kier molecular flexibility index (Phi) is 5.99. The standard InChI is InChI=1S/C28H26N2O2S/c31-33(32,26-14-5-2-6-15-26)30-20-18-27-23(12-8-16-28(27)30)11-7-13-25-21-24(17-19-29-25)22-9-3-1-4-10-22/h1-12,14-18,20,25,29H,13,19,21H2. The first kappa shape index (κ1) is 21.4. The van der Waals surface area contributed by atoms with E-state index in [0.717, 1.165) is 30.3 Å². The Hall–Kier alpha value is -3.41. The third-order valence-electron chi connectivity index (χ3n) is 6.11. The van der Waals surface area contributed by atoms with Crippen LogP contribution in [0.3, 0.4) is 0 Å². The number of aromatic nitrogens is 1. The highest BCUT2D eigenvalue weighted by atomic mass is 32.2. The number of rotatable bonds is 6. The van der Waals surface area contributed by atoms with Gasteiger partial charge in [-0.1, -0.05) is 78.9 Å². The second-order valence-corrected chi connectivity index (χ2v) is 10.1. The minimum atomic E-state index is -3.63. The summed E-state index contributed by atoms with van der Waals surface area (Å²) in [5, 5.41) is 4.50. The van der Waals surface area contributed by atoms with Gasteiger partial charge in [-0.15, -0.1) is 0 Å². The van der Waals surface area contributed by atoms with E-state index in [1.807, 2.05) is 36.4 Å². The Morgan fingerprint density at radius 2 is 1.67 bits per heavy atom. The monoisotopic (exact) mass is 454 g/mol. The molecule has 1 aliphatic rings. The van der Waals surface area contributed by atoms with Gasteiger partial charge in [-0.2, -0.15) is 0 Å². The van der Waals surface area contributed by atoms with Crippen molar-refractivity contribution in [1.82, 2.24) is 9.29 Å². The summed E-state index contributed by atoms with van der Waals surface area (Å²) in [7, 11) is -3.63. The van der Waals surface area contributed by atoms with Crippen molar-refractivity contribution in [1.29, 1.82) is 0 Å². The van der Waals surface area contributed by atoms with E-state index in [2.05, 4.69) is 47.8 Å². The van der Waals surface area contributed by atoms with Crippen molar-refractivity contribution in [3.63, 3.8) is 0 Å². The Morgan fingerprint density at radius 3 is 2.45 bits per heavy atom. The molecule has 5 rings (SSSR count). The maximum absolute atomic E-state index is 13.1. The number of nitrogens with zero attached hydrogens (tertiary/aromatic N) is 1. The minimum absolute atomic E-state index is 0.286. The lowest BCUT2D eigenvalue weighted by Gasteiger charge is -2.23. The summed E-state index contributed by atoms with van der Waals surface area (Å²) in [5.41, 5.74) is 4.38. The van der Waals surface area contributed by atoms with Crippen molar-refractivity contribution in [2.75, 3.05) is 6.54 Å². The van der Waals surface area contributed by atoms with Gasteiger partial charge in [0.1, 0.15) is 0 Å². The van der Waals surface area contributed by atoms with E-state index in [1.54, 1.807) is 30.5 Å². The molecule has 0 amide bonds. The third kappa shape index (κ3) is 4.42. The maximum Gasteiger partial charge on any atom is 0.268 e. The molecule has 0 fully saturated rings. The van der Waals surface area contributed by atoms with Gasteiger partial charge in [-0.05, 0) is 53.8 Å². The molecule has 5 heteroatoms. The average molecular weight is 455 g/mol. The smallest absolute Gasteiger partial charge is 0.268 e. The fourth-order valence-corrected chi connectivity index (χ4v) is 5.78. The number of hydrogen-bond donors (Lipinski definition) is 1. The van der Waals surface area contributed by atoms with Gasteiger partial charge >= 0.3 is 0 Å². The number of hydrogen-bond acceptors (Lipinski definition) is 3. The second kappa shape index (κ2) is 9.22. The molecule has 1 atom stereocenters. The van der Waals surface area contributed by atoms with Crippen LogP contribution in [0, 0.1) is 0 Å². The van der Waals surface area contributed by atoms with Gasteiger partial charge in [0.2, 0.25) is 0 Å². The second-order valence-electron chi connectivity index (χ2n) is 8.25. The Morgan fingerprint density at radius 1 is 0.909 bits per heavy atom.